The van der Waals surface area contributed by atoms with Crippen LogP contribution in [0.2, 0.25) is 0 Å². The molecule has 0 bridgehead atoms. The van der Waals surface area contributed by atoms with E-state index in [4.69, 9.17) is 4.42 Å². The van der Waals surface area contributed by atoms with Crippen LogP contribution < -0.4 is 0 Å². The Morgan fingerprint density at radius 2 is 1.02 bits per heavy atom. The van der Waals surface area contributed by atoms with Gasteiger partial charge in [0.25, 0.3) is 0 Å². The molecule has 0 aliphatic carbocycles. The summed E-state index contributed by atoms with van der Waals surface area (Å²) in [5.41, 5.74) is 8.86. The third-order valence-corrected chi connectivity index (χ3v) is 10.1. The zero-order valence-corrected chi connectivity index (χ0v) is 25.3. The molecule has 218 valence electrons. The van der Waals surface area contributed by atoms with Crippen molar-refractivity contribution in [2.75, 3.05) is 0 Å². The van der Waals surface area contributed by atoms with Crippen LogP contribution in [0.3, 0.4) is 0 Å². The molecule has 0 saturated carbocycles. The number of hydrogen-bond donors (Lipinski definition) is 0. The lowest BCUT2D eigenvalue weighted by molar-refractivity contribution is 0.673. The molecule has 0 fully saturated rings. The van der Waals surface area contributed by atoms with E-state index in [1.54, 1.807) is 0 Å². The molecule has 0 spiro atoms. The smallest absolute Gasteiger partial charge is 0.145 e. The highest BCUT2D eigenvalue weighted by Crippen LogP contribution is 2.46. The highest BCUT2D eigenvalue weighted by Gasteiger charge is 2.24. The Bertz CT molecular complexity index is 3070. The van der Waals surface area contributed by atoms with Crippen molar-refractivity contribution in [3.63, 3.8) is 0 Å². The molecule has 0 saturated heterocycles. The summed E-state index contributed by atoms with van der Waals surface area (Å²) < 4.78 is 11.6. The van der Waals surface area contributed by atoms with Crippen LogP contribution in [0.4, 0.5) is 0 Å². The van der Waals surface area contributed by atoms with Gasteiger partial charge in [-0.1, -0.05) is 103 Å². The van der Waals surface area contributed by atoms with Crippen LogP contribution in [-0.4, -0.2) is 9.13 Å². The Morgan fingerprint density at radius 3 is 1.87 bits per heavy atom. The number of aromatic nitrogens is 2. The summed E-state index contributed by atoms with van der Waals surface area (Å²) in [6, 6.07) is 57.0. The fourth-order valence-electron chi connectivity index (χ4n) is 8.15. The minimum absolute atomic E-state index is 0.913. The molecule has 0 unspecified atom stereocenters. The summed E-state index contributed by atoms with van der Waals surface area (Å²) in [6.07, 6.45) is 0. The molecule has 11 rings (SSSR count). The number of para-hydroxylation sites is 3. The average Bonchev–Trinajstić information content (AvgIpc) is 3.79. The molecule has 3 aromatic heterocycles. The Balaban J connectivity index is 1.38. The van der Waals surface area contributed by atoms with Crippen LogP contribution >= 0.6 is 0 Å². The van der Waals surface area contributed by atoms with E-state index in [9.17, 15) is 0 Å². The van der Waals surface area contributed by atoms with E-state index in [-0.39, 0.29) is 0 Å². The Labute approximate surface area is 269 Å². The highest BCUT2D eigenvalue weighted by molar-refractivity contribution is 6.31. The van der Waals surface area contributed by atoms with Crippen molar-refractivity contribution in [1.29, 1.82) is 0 Å². The van der Waals surface area contributed by atoms with E-state index >= 15 is 0 Å². The molecular weight excluding hydrogens is 572 g/mol. The van der Waals surface area contributed by atoms with Gasteiger partial charge < -0.3 is 13.6 Å². The highest BCUT2D eigenvalue weighted by atomic mass is 16.3. The Hall–Kier alpha value is -6.32. The predicted octanol–water partition coefficient (Wildman–Crippen LogP) is 12.1. The molecule has 0 radical (unpaired) electrons. The number of fused-ring (bicyclic) bond motifs is 14. The van der Waals surface area contributed by atoms with Gasteiger partial charge in [0.1, 0.15) is 11.2 Å². The first-order valence-corrected chi connectivity index (χ1v) is 16.1. The number of benzene rings is 8. The van der Waals surface area contributed by atoms with E-state index in [1.165, 1.54) is 59.9 Å². The van der Waals surface area contributed by atoms with Gasteiger partial charge in [0, 0.05) is 38.0 Å². The lowest BCUT2D eigenvalue weighted by atomic mass is 10.00. The molecule has 47 heavy (non-hydrogen) atoms. The summed E-state index contributed by atoms with van der Waals surface area (Å²) >= 11 is 0. The first kappa shape index (κ1) is 24.9. The largest absolute Gasteiger partial charge is 0.455 e. The topological polar surface area (TPSA) is 23.0 Å². The summed E-state index contributed by atoms with van der Waals surface area (Å²) in [5, 5.41) is 12.1. The minimum atomic E-state index is 0.913. The second kappa shape index (κ2) is 9.12. The zero-order chi connectivity index (χ0) is 30.6. The van der Waals surface area contributed by atoms with Crippen molar-refractivity contribution in [3.05, 3.63) is 158 Å². The molecule has 3 heteroatoms. The molecule has 0 N–H and O–H groups in total. The van der Waals surface area contributed by atoms with E-state index in [2.05, 4.69) is 161 Å². The van der Waals surface area contributed by atoms with Gasteiger partial charge in [0.05, 0.1) is 33.1 Å². The molecule has 3 heterocycles. The van der Waals surface area contributed by atoms with Crippen LogP contribution in [-0.2, 0) is 0 Å². The van der Waals surface area contributed by atoms with E-state index in [0.717, 1.165) is 38.5 Å². The van der Waals surface area contributed by atoms with Crippen molar-refractivity contribution in [1.82, 2.24) is 9.13 Å². The zero-order valence-electron chi connectivity index (χ0n) is 25.3. The number of furan rings is 1. The standard InChI is InChI=1S/C44H26N2O/c1-2-13-28(14-3-1)45-38-24-22-33-32-18-9-11-21-40(32)47-44(33)42(38)35-23-25-37-41(43(35)45)34-19-8-10-20-36(34)46(37)39-26-27-12-4-5-15-29(27)30-16-6-7-17-31(30)39/h1-26H. The third-order valence-electron chi connectivity index (χ3n) is 10.1. The first-order valence-electron chi connectivity index (χ1n) is 16.1. The second-order valence-corrected chi connectivity index (χ2v) is 12.5. The number of hydrogen-bond acceptors (Lipinski definition) is 1. The summed E-state index contributed by atoms with van der Waals surface area (Å²) in [6.45, 7) is 0. The fourth-order valence-corrected chi connectivity index (χ4v) is 8.15. The van der Waals surface area contributed by atoms with Crippen LogP contribution in [0.15, 0.2) is 162 Å². The van der Waals surface area contributed by atoms with Crippen LogP contribution in [0.25, 0.3) is 98.5 Å². The monoisotopic (exact) mass is 598 g/mol. The van der Waals surface area contributed by atoms with E-state index in [0.29, 0.717) is 0 Å². The van der Waals surface area contributed by atoms with Crippen LogP contribution in [0, 0.1) is 0 Å². The SMILES string of the molecule is c1ccc(-n2c3ccc4c5ccccc5oc4c3c3ccc4c(c5ccccc5n4-c4cc5ccccc5c5ccccc45)c32)cc1. The van der Waals surface area contributed by atoms with Gasteiger partial charge in [-0.05, 0) is 70.8 Å². The molecule has 0 amide bonds. The molecule has 0 aliphatic rings. The van der Waals surface area contributed by atoms with E-state index < -0.39 is 0 Å². The van der Waals surface area contributed by atoms with Crippen molar-refractivity contribution >= 4 is 87.1 Å². The normalized spacial score (nSPS) is 12.3. The number of nitrogens with zero attached hydrogens (tertiary/aromatic N) is 2. The summed E-state index contributed by atoms with van der Waals surface area (Å²) in [4.78, 5) is 0. The molecule has 3 nitrogen and oxygen atoms in total. The maximum Gasteiger partial charge on any atom is 0.145 e. The number of rotatable bonds is 2. The fraction of sp³-hybridized carbons (Fsp3) is 0. The van der Waals surface area contributed by atoms with Crippen molar-refractivity contribution in [2.24, 2.45) is 0 Å². The van der Waals surface area contributed by atoms with Gasteiger partial charge in [-0.15, -0.1) is 0 Å². The predicted molar refractivity (Wildman–Crippen MR) is 197 cm³/mol. The van der Waals surface area contributed by atoms with Gasteiger partial charge in [-0.3, -0.25) is 0 Å². The van der Waals surface area contributed by atoms with Gasteiger partial charge in [-0.25, -0.2) is 0 Å². The maximum atomic E-state index is 6.67. The quantitative estimate of drug-likeness (QED) is 0.182. The van der Waals surface area contributed by atoms with Gasteiger partial charge in [-0.2, -0.15) is 0 Å². The average molecular weight is 599 g/mol. The van der Waals surface area contributed by atoms with Gasteiger partial charge >= 0.3 is 0 Å². The van der Waals surface area contributed by atoms with Crippen molar-refractivity contribution in [2.45, 2.75) is 0 Å². The van der Waals surface area contributed by atoms with Crippen LogP contribution in [0.1, 0.15) is 0 Å². The van der Waals surface area contributed by atoms with Crippen molar-refractivity contribution in [3.8, 4) is 11.4 Å². The Kier molecular flexibility index (Phi) is 4.84. The third kappa shape index (κ3) is 3.25. The minimum Gasteiger partial charge on any atom is -0.455 e. The summed E-state index contributed by atoms with van der Waals surface area (Å²) in [5.74, 6) is 0. The molecule has 11 aromatic rings. The lowest BCUT2D eigenvalue weighted by Gasteiger charge is -2.14. The van der Waals surface area contributed by atoms with Gasteiger partial charge in [0.15, 0.2) is 0 Å². The molecular formula is C44H26N2O. The lowest BCUT2D eigenvalue weighted by Crippen LogP contribution is -1.97. The molecule has 0 atom stereocenters. The van der Waals surface area contributed by atoms with Crippen molar-refractivity contribution < 1.29 is 4.42 Å². The molecule has 0 aliphatic heterocycles. The van der Waals surface area contributed by atoms with E-state index in [1.807, 2.05) is 6.07 Å². The summed E-state index contributed by atoms with van der Waals surface area (Å²) in [7, 11) is 0. The molecule has 8 aromatic carbocycles. The van der Waals surface area contributed by atoms with Gasteiger partial charge in [0.2, 0.25) is 0 Å². The maximum absolute atomic E-state index is 6.67. The van der Waals surface area contributed by atoms with Crippen LogP contribution in [0.5, 0.6) is 0 Å². The first-order chi connectivity index (χ1) is 23.3. The Morgan fingerprint density at radius 1 is 0.383 bits per heavy atom. The second-order valence-electron chi connectivity index (χ2n) is 12.5.